The molecule has 0 aromatic heterocycles. The number of rotatable bonds is 12. The molecule has 2 nitrogen and oxygen atoms in total. The van der Waals surface area contributed by atoms with E-state index in [1.54, 1.807) is 6.92 Å². The predicted molar refractivity (Wildman–Crippen MR) is 152 cm³/mol. The van der Waals surface area contributed by atoms with Crippen molar-refractivity contribution >= 4 is 5.78 Å². The van der Waals surface area contributed by atoms with Gasteiger partial charge in [0.25, 0.3) is 6.43 Å². The maximum Gasteiger partial charge on any atom is 0.267 e. The van der Waals surface area contributed by atoms with E-state index in [4.69, 9.17) is 4.74 Å². The first kappa shape index (κ1) is 30.4. The van der Waals surface area contributed by atoms with Gasteiger partial charge in [-0.2, -0.15) is 0 Å². The fourth-order valence-electron chi connectivity index (χ4n) is 8.38. The van der Waals surface area contributed by atoms with Crippen LogP contribution >= 0.6 is 0 Å². The van der Waals surface area contributed by atoms with Crippen molar-refractivity contribution in [3.8, 4) is 5.75 Å². The molecule has 0 spiro atoms. The molecule has 0 aliphatic heterocycles. The Balaban J connectivity index is 1.16. The summed E-state index contributed by atoms with van der Waals surface area (Å²) in [5.74, 6) is 3.65. The lowest BCUT2D eigenvalue weighted by Crippen LogP contribution is -2.29. The third kappa shape index (κ3) is 8.03. The number of hydrogen-bond acceptors (Lipinski definition) is 2. The molecule has 0 radical (unpaired) electrons. The monoisotopic (exact) mass is 548 g/mol. The number of alkyl halides is 2. The molecule has 3 aliphatic rings. The largest absolute Gasteiger partial charge is 0.491 e. The third-order valence-electron chi connectivity index (χ3n) is 10.6. The number of ether oxygens (including phenoxy) is 1. The number of halogens is 3. The molecule has 0 saturated heterocycles. The Morgan fingerprint density at radius 3 is 1.74 bits per heavy atom. The Bertz CT molecular complexity index is 892. The summed E-state index contributed by atoms with van der Waals surface area (Å²) >= 11 is 0. The van der Waals surface area contributed by atoms with E-state index in [2.05, 4.69) is 6.92 Å². The van der Waals surface area contributed by atoms with Crippen molar-refractivity contribution in [3.05, 3.63) is 29.1 Å². The minimum atomic E-state index is -3.05. The van der Waals surface area contributed by atoms with Crippen LogP contribution in [-0.4, -0.2) is 12.4 Å². The minimum absolute atomic E-state index is 0.177. The lowest BCUT2D eigenvalue weighted by Gasteiger charge is -2.41. The highest BCUT2D eigenvalue weighted by molar-refractivity contribution is 5.97. The second kappa shape index (κ2) is 14.9. The van der Waals surface area contributed by atoms with Crippen molar-refractivity contribution in [2.45, 2.75) is 129 Å². The molecule has 0 N–H and O–H groups in total. The Hall–Kier alpha value is -1.52. The fraction of sp³-hybridized carbons (Fsp3) is 0.794. The van der Waals surface area contributed by atoms with Crippen molar-refractivity contribution in [3.63, 3.8) is 0 Å². The molecule has 3 aliphatic carbocycles. The zero-order valence-electron chi connectivity index (χ0n) is 24.4. The van der Waals surface area contributed by atoms with Gasteiger partial charge in [0.2, 0.25) is 0 Å². The van der Waals surface area contributed by atoms with E-state index in [-0.39, 0.29) is 24.3 Å². The zero-order chi connectivity index (χ0) is 27.8. The summed E-state index contributed by atoms with van der Waals surface area (Å²) in [7, 11) is 0. The highest BCUT2D eigenvalue weighted by Crippen LogP contribution is 2.46. The molecule has 220 valence electrons. The Morgan fingerprint density at radius 1 is 0.795 bits per heavy atom. The predicted octanol–water partition coefficient (Wildman–Crippen LogP) is 10.7. The van der Waals surface area contributed by atoms with Crippen LogP contribution in [0.15, 0.2) is 12.1 Å². The Labute approximate surface area is 234 Å². The number of carbonyl (C=O) groups excluding carboxylic acids is 1. The van der Waals surface area contributed by atoms with Gasteiger partial charge in [0, 0.05) is 12.0 Å². The number of hydrogen-bond donors (Lipinski definition) is 0. The number of benzene rings is 1. The molecular formula is C34H51F3O2. The van der Waals surface area contributed by atoms with Crippen LogP contribution in [0.25, 0.3) is 0 Å². The van der Waals surface area contributed by atoms with Gasteiger partial charge in [-0.15, -0.1) is 0 Å². The van der Waals surface area contributed by atoms with Crippen molar-refractivity contribution in [2.75, 3.05) is 6.61 Å². The Kier molecular flexibility index (Phi) is 11.6. The molecule has 0 unspecified atom stereocenters. The normalized spacial score (nSPS) is 29.9. The molecule has 0 bridgehead atoms. The van der Waals surface area contributed by atoms with E-state index < -0.39 is 23.6 Å². The van der Waals surface area contributed by atoms with E-state index in [9.17, 15) is 18.0 Å². The first-order chi connectivity index (χ1) is 18.9. The van der Waals surface area contributed by atoms with Gasteiger partial charge in [-0.25, -0.2) is 13.2 Å². The van der Waals surface area contributed by atoms with Gasteiger partial charge < -0.3 is 4.74 Å². The summed E-state index contributed by atoms with van der Waals surface area (Å²) in [6, 6.07) is 2.60. The molecule has 4 rings (SSSR count). The van der Waals surface area contributed by atoms with Crippen LogP contribution in [0.4, 0.5) is 13.2 Å². The van der Waals surface area contributed by atoms with Crippen LogP contribution in [-0.2, 0) is 0 Å². The van der Waals surface area contributed by atoms with Crippen LogP contribution in [0.3, 0.4) is 0 Å². The fourth-order valence-corrected chi connectivity index (χ4v) is 8.38. The van der Waals surface area contributed by atoms with Crippen LogP contribution in [0.5, 0.6) is 5.75 Å². The average molecular weight is 549 g/mol. The standard InChI is InChI=1S/C34H51F3O2/c1-3-6-23-9-13-25(14-10-23)27-17-19-28(20-18-27)26-15-11-24(12-16-26)7-5-8-30(38)29-21-22-31(39-4-2)33(35)32(29)34(36)37/h21-28,34H,3-20H2,1-2H3. The second-order valence-electron chi connectivity index (χ2n) is 12.9. The van der Waals surface area contributed by atoms with Crippen LogP contribution in [0.1, 0.15) is 145 Å². The van der Waals surface area contributed by atoms with Gasteiger partial charge in [0.1, 0.15) is 0 Å². The molecule has 0 amide bonds. The average Bonchev–Trinajstić information content (AvgIpc) is 2.95. The number of ketones is 1. The topological polar surface area (TPSA) is 26.3 Å². The smallest absolute Gasteiger partial charge is 0.267 e. The SMILES string of the molecule is CCCC1CCC(C2CCC(C3CCC(CCCC(=O)c4ccc(OCC)c(F)c4C(F)F)CC3)CC2)CC1. The van der Waals surface area contributed by atoms with E-state index >= 15 is 0 Å². The quantitative estimate of drug-likeness (QED) is 0.243. The van der Waals surface area contributed by atoms with Gasteiger partial charge >= 0.3 is 0 Å². The minimum Gasteiger partial charge on any atom is -0.491 e. The lowest BCUT2D eigenvalue weighted by molar-refractivity contribution is 0.0947. The van der Waals surface area contributed by atoms with Gasteiger partial charge in [0.05, 0.1) is 12.2 Å². The van der Waals surface area contributed by atoms with Gasteiger partial charge in [0.15, 0.2) is 17.3 Å². The zero-order valence-corrected chi connectivity index (χ0v) is 24.4. The highest BCUT2D eigenvalue weighted by atomic mass is 19.3. The molecule has 1 aromatic rings. The number of Topliss-reactive ketones (excluding diaryl/α,β-unsaturated/α-hetero) is 1. The maximum absolute atomic E-state index is 14.5. The Morgan fingerprint density at radius 2 is 1.28 bits per heavy atom. The number of carbonyl (C=O) groups is 1. The molecule has 0 atom stereocenters. The van der Waals surface area contributed by atoms with Crippen LogP contribution < -0.4 is 4.74 Å². The lowest BCUT2D eigenvalue weighted by atomic mass is 9.64. The summed E-state index contributed by atoms with van der Waals surface area (Å²) in [6.07, 6.45) is 18.2. The van der Waals surface area contributed by atoms with Crippen LogP contribution in [0, 0.1) is 41.3 Å². The summed E-state index contributed by atoms with van der Waals surface area (Å²) in [4.78, 5) is 12.7. The summed E-state index contributed by atoms with van der Waals surface area (Å²) < 4.78 is 46.8. The van der Waals surface area contributed by atoms with E-state index in [0.29, 0.717) is 12.3 Å². The second-order valence-corrected chi connectivity index (χ2v) is 12.9. The molecular weight excluding hydrogens is 497 g/mol. The maximum atomic E-state index is 14.5. The molecule has 3 saturated carbocycles. The molecule has 3 fully saturated rings. The van der Waals surface area contributed by atoms with Crippen molar-refractivity contribution in [1.82, 2.24) is 0 Å². The van der Waals surface area contributed by atoms with E-state index in [1.165, 1.54) is 102 Å². The van der Waals surface area contributed by atoms with Crippen molar-refractivity contribution < 1.29 is 22.7 Å². The van der Waals surface area contributed by atoms with Crippen LogP contribution in [0.2, 0.25) is 0 Å². The van der Waals surface area contributed by atoms with Gasteiger partial charge in [-0.1, -0.05) is 51.9 Å². The van der Waals surface area contributed by atoms with Gasteiger partial charge in [-0.3, -0.25) is 4.79 Å². The van der Waals surface area contributed by atoms with Crippen molar-refractivity contribution in [2.24, 2.45) is 35.5 Å². The first-order valence-electron chi connectivity index (χ1n) is 16.2. The van der Waals surface area contributed by atoms with E-state index in [1.807, 2.05) is 0 Å². The molecule has 0 heterocycles. The molecule has 39 heavy (non-hydrogen) atoms. The van der Waals surface area contributed by atoms with E-state index in [0.717, 1.165) is 36.0 Å². The third-order valence-corrected chi connectivity index (χ3v) is 10.6. The van der Waals surface area contributed by atoms with Gasteiger partial charge in [-0.05, 0) is 112 Å². The first-order valence-corrected chi connectivity index (χ1v) is 16.2. The molecule has 5 heteroatoms. The molecule has 1 aromatic carbocycles. The highest BCUT2D eigenvalue weighted by Gasteiger charge is 2.34. The summed E-state index contributed by atoms with van der Waals surface area (Å²) in [6.45, 7) is 4.16. The summed E-state index contributed by atoms with van der Waals surface area (Å²) in [5, 5.41) is 0. The summed E-state index contributed by atoms with van der Waals surface area (Å²) in [5.41, 5.74) is -1.01. The van der Waals surface area contributed by atoms with Crippen molar-refractivity contribution in [1.29, 1.82) is 0 Å².